The topological polar surface area (TPSA) is 45.0 Å². The van der Waals surface area contributed by atoms with Gasteiger partial charge in [-0.25, -0.2) is 4.99 Å². The Morgan fingerprint density at radius 2 is 1.67 bits per heavy atom. The zero-order valence-electron chi connectivity index (χ0n) is 19.8. The first kappa shape index (κ1) is 22.5. The predicted octanol–water partition coefficient (Wildman–Crippen LogP) is 7.05. The van der Waals surface area contributed by atoms with E-state index in [1.165, 1.54) is 22.3 Å². The molecule has 0 radical (unpaired) electrons. The molecular formula is C30H30N2O. The minimum absolute atomic E-state index is 0.227. The number of hydrogen-bond acceptors (Lipinski definition) is 3. The van der Waals surface area contributed by atoms with Gasteiger partial charge < -0.3 is 5.11 Å². The molecule has 0 saturated carbocycles. The lowest BCUT2D eigenvalue weighted by Crippen LogP contribution is -2.18. The largest absolute Gasteiger partial charge is 0.508 e. The van der Waals surface area contributed by atoms with Crippen molar-refractivity contribution in [1.29, 1.82) is 0 Å². The summed E-state index contributed by atoms with van der Waals surface area (Å²) in [5.74, 6) is 0.227. The van der Waals surface area contributed by atoms with Crippen LogP contribution in [0.4, 0.5) is 0 Å². The Morgan fingerprint density at radius 1 is 0.879 bits per heavy atom. The number of aryl methyl sites for hydroxylation is 1. The molecule has 0 fully saturated rings. The van der Waals surface area contributed by atoms with Crippen LogP contribution in [-0.4, -0.2) is 23.6 Å². The van der Waals surface area contributed by atoms with Gasteiger partial charge in [0.25, 0.3) is 0 Å². The molecule has 0 atom stereocenters. The highest BCUT2D eigenvalue weighted by molar-refractivity contribution is 6.54. The summed E-state index contributed by atoms with van der Waals surface area (Å²) in [7, 11) is 1.79. The maximum Gasteiger partial charge on any atom is 0.116 e. The zero-order valence-corrected chi connectivity index (χ0v) is 19.8. The van der Waals surface area contributed by atoms with Crippen LogP contribution in [0.1, 0.15) is 37.8 Å². The molecule has 0 aromatic heterocycles. The number of hydrogen-bond donors (Lipinski definition) is 1. The average Bonchev–Trinajstić information content (AvgIpc) is 3.18. The highest BCUT2D eigenvalue weighted by Crippen LogP contribution is 2.26. The molecule has 1 aromatic rings. The first-order valence-electron chi connectivity index (χ1n) is 11.3. The average molecular weight is 435 g/mol. The van der Waals surface area contributed by atoms with Crippen molar-refractivity contribution in [3.8, 4) is 5.75 Å². The molecule has 2 bridgehead atoms. The molecule has 3 aliphatic carbocycles. The molecule has 4 rings (SSSR count). The molecule has 1 N–H and O–H groups in total. The number of allylic oxidation sites excluding steroid dienone is 15. The van der Waals surface area contributed by atoms with E-state index in [1.54, 1.807) is 19.2 Å². The van der Waals surface area contributed by atoms with Gasteiger partial charge in [0.15, 0.2) is 0 Å². The van der Waals surface area contributed by atoms with Gasteiger partial charge >= 0.3 is 0 Å². The van der Waals surface area contributed by atoms with Crippen LogP contribution in [0, 0.1) is 6.92 Å². The molecule has 3 heteroatoms. The Hall–Kier alpha value is -3.72. The fraction of sp³-hybridized carbons (Fsp3) is 0.200. The lowest BCUT2D eigenvalue weighted by Gasteiger charge is -2.14. The van der Waals surface area contributed by atoms with Crippen molar-refractivity contribution in [3.63, 3.8) is 0 Å². The van der Waals surface area contributed by atoms with E-state index in [1.807, 2.05) is 13.0 Å². The molecule has 0 heterocycles. The Bertz CT molecular complexity index is 1260. The van der Waals surface area contributed by atoms with E-state index in [0.29, 0.717) is 0 Å². The van der Waals surface area contributed by atoms with Gasteiger partial charge in [-0.15, -0.1) is 0 Å². The Labute approximate surface area is 196 Å². The summed E-state index contributed by atoms with van der Waals surface area (Å²) in [5, 5.41) is 10.3. The molecule has 0 amide bonds. The minimum atomic E-state index is 0.227. The summed E-state index contributed by atoms with van der Waals surface area (Å²) in [6.07, 6.45) is 23.2. The third-order valence-electron chi connectivity index (χ3n) is 5.77. The van der Waals surface area contributed by atoms with Crippen LogP contribution in [-0.2, 0) is 0 Å². The first-order valence-corrected chi connectivity index (χ1v) is 11.3. The molecule has 0 saturated heterocycles. The van der Waals surface area contributed by atoms with Crippen molar-refractivity contribution in [2.45, 2.75) is 33.6 Å². The van der Waals surface area contributed by atoms with Crippen molar-refractivity contribution in [2.24, 2.45) is 9.98 Å². The van der Waals surface area contributed by atoms with Gasteiger partial charge in [0.2, 0.25) is 0 Å². The van der Waals surface area contributed by atoms with Gasteiger partial charge in [0.1, 0.15) is 5.75 Å². The smallest absolute Gasteiger partial charge is 0.116 e. The lowest BCUT2D eigenvalue weighted by atomic mass is 9.95. The van der Waals surface area contributed by atoms with E-state index < -0.39 is 0 Å². The summed E-state index contributed by atoms with van der Waals surface area (Å²) in [6, 6.07) is 5.55. The van der Waals surface area contributed by atoms with E-state index >= 15 is 0 Å². The van der Waals surface area contributed by atoms with Crippen LogP contribution < -0.4 is 0 Å². The zero-order chi connectivity index (χ0) is 23.4. The van der Waals surface area contributed by atoms with Gasteiger partial charge in [0.05, 0.1) is 17.1 Å². The lowest BCUT2D eigenvalue weighted by molar-refractivity contribution is 0.475. The molecule has 0 aliphatic heterocycles. The van der Waals surface area contributed by atoms with Crippen LogP contribution in [0.3, 0.4) is 0 Å². The Balaban J connectivity index is 1.92. The number of rotatable bonds is 4. The van der Waals surface area contributed by atoms with Crippen LogP contribution >= 0.6 is 0 Å². The highest BCUT2D eigenvalue weighted by Gasteiger charge is 2.18. The maximum atomic E-state index is 10.3. The number of benzene rings is 1. The van der Waals surface area contributed by atoms with Crippen molar-refractivity contribution in [3.05, 3.63) is 124 Å². The van der Waals surface area contributed by atoms with Crippen molar-refractivity contribution in [1.82, 2.24) is 0 Å². The van der Waals surface area contributed by atoms with Gasteiger partial charge in [0, 0.05) is 18.2 Å². The number of phenols is 1. The summed E-state index contributed by atoms with van der Waals surface area (Å²) in [4.78, 5) is 9.84. The predicted molar refractivity (Wildman–Crippen MR) is 140 cm³/mol. The van der Waals surface area contributed by atoms with Crippen LogP contribution in [0.25, 0.3) is 0 Å². The second-order valence-electron chi connectivity index (χ2n) is 8.78. The van der Waals surface area contributed by atoms with E-state index in [9.17, 15) is 5.11 Å². The van der Waals surface area contributed by atoms with Crippen LogP contribution in [0.15, 0.2) is 123 Å². The number of phenolic OH excluding ortho intramolecular Hbond substituents is 1. The van der Waals surface area contributed by atoms with Crippen molar-refractivity contribution >= 4 is 11.4 Å². The fourth-order valence-corrected chi connectivity index (χ4v) is 4.21. The number of aromatic hydroxyl groups is 1. The fourth-order valence-electron chi connectivity index (χ4n) is 4.21. The molecule has 3 aliphatic rings. The molecular weight excluding hydrogens is 404 g/mol. The molecule has 166 valence electrons. The third kappa shape index (κ3) is 5.56. The molecule has 1 aromatic carbocycles. The molecule has 0 unspecified atom stereocenters. The van der Waals surface area contributed by atoms with Crippen molar-refractivity contribution in [2.75, 3.05) is 7.05 Å². The number of aliphatic imine (C=N–C) groups is 2. The standard InChI is InChI=1S/C30H30N2O/c1-20-9-10-21(2)14-25(13-20)30(29(31-4)26-15-22(3)16-28(33)19-26)32-27-12-11-23-7-5-6-8-24(17-23)18-27/h5-9,11-16,18-19,33H,10,17H2,1-4H3. The van der Waals surface area contributed by atoms with Gasteiger partial charge in [-0.3, -0.25) is 4.99 Å². The summed E-state index contributed by atoms with van der Waals surface area (Å²) >= 11 is 0. The van der Waals surface area contributed by atoms with Crippen molar-refractivity contribution < 1.29 is 5.11 Å². The summed E-state index contributed by atoms with van der Waals surface area (Å²) in [6.45, 7) is 6.23. The molecule has 33 heavy (non-hydrogen) atoms. The van der Waals surface area contributed by atoms with Crippen LogP contribution in [0.2, 0.25) is 0 Å². The number of fused-ring (bicyclic) bond motifs is 2. The van der Waals surface area contributed by atoms with E-state index in [2.05, 4.69) is 79.6 Å². The van der Waals surface area contributed by atoms with E-state index in [4.69, 9.17) is 4.99 Å². The minimum Gasteiger partial charge on any atom is -0.508 e. The molecule has 0 spiro atoms. The third-order valence-corrected chi connectivity index (χ3v) is 5.77. The SMILES string of the molecule is CN=C(C(=NC1=CC2=CC=CC=C(C=C1)C2)C1=CC(C)=CCC(C)=C1)c1cc(C)cc(O)c1. The number of nitrogens with zero attached hydrogens (tertiary/aromatic N) is 2. The van der Waals surface area contributed by atoms with E-state index in [0.717, 1.165) is 46.7 Å². The first-order chi connectivity index (χ1) is 15.9. The van der Waals surface area contributed by atoms with Gasteiger partial charge in [-0.1, -0.05) is 59.8 Å². The van der Waals surface area contributed by atoms with Crippen LogP contribution in [0.5, 0.6) is 5.75 Å². The Kier molecular flexibility index (Phi) is 6.69. The molecule has 3 nitrogen and oxygen atoms in total. The normalized spacial score (nSPS) is 18.8. The van der Waals surface area contributed by atoms with E-state index in [-0.39, 0.29) is 5.75 Å². The quantitative estimate of drug-likeness (QED) is 0.507. The summed E-state index contributed by atoms with van der Waals surface area (Å²) in [5.41, 5.74) is 10.2. The monoisotopic (exact) mass is 434 g/mol. The Morgan fingerprint density at radius 3 is 2.42 bits per heavy atom. The highest BCUT2D eigenvalue weighted by atomic mass is 16.3. The van der Waals surface area contributed by atoms with Gasteiger partial charge in [-0.2, -0.15) is 0 Å². The maximum absolute atomic E-state index is 10.3. The second-order valence-corrected chi connectivity index (χ2v) is 8.78. The van der Waals surface area contributed by atoms with Gasteiger partial charge in [-0.05, 0) is 80.7 Å². The summed E-state index contributed by atoms with van der Waals surface area (Å²) < 4.78 is 0. The second kappa shape index (κ2) is 9.83.